The van der Waals surface area contributed by atoms with E-state index in [0.29, 0.717) is 32.8 Å². The van der Waals surface area contributed by atoms with Crippen molar-refractivity contribution in [3.63, 3.8) is 0 Å². The molecule has 38 heavy (non-hydrogen) atoms. The Balaban J connectivity index is 1.44. The molecule has 2 N–H and O–H groups in total. The third-order valence-electron chi connectivity index (χ3n) is 5.83. The van der Waals surface area contributed by atoms with Gasteiger partial charge in [-0.2, -0.15) is 0 Å². The third-order valence-corrected chi connectivity index (χ3v) is 6.42. The minimum absolute atomic E-state index is 0.0421. The lowest BCUT2D eigenvalue weighted by molar-refractivity contribution is -0.127. The second-order valence-electron chi connectivity index (χ2n) is 8.37. The molecule has 0 atom stereocenters. The lowest BCUT2D eigenvalue weighted by Crippen LogP contribution is -2.38. The summed E-state index contributed by atoms with van der Waals surface area (Å²) in [6.07, 6.45) is 2.24. The number of carbonyl (C=O) groups is 3. The second kappa shape index (κ2) is 12.0. The number of para-hydroxylation sites is 1. The number of carbonyl (C=O) groups excluding carboxylic acids is 3. The van der Waals surface area contributed by atoms with E-state index in [1.807, 2.05) is 19.1 Å². The number of urea groups is 1. The summed E-state index contributed by atoms with van der Waals surface area (Å²) in [5.74, 6) is -0.189. The molecular formula is C28H25Cl2N3O5. The van der Waals surface area contributed by atoms with E-state index >= 15 is 0 Å². The fourth-order valence-corrected chi connectivity index (χ4v) is 4.32. The van der Waals surface area contributed by atoms with Gasteiger partial charge in [0.1, 0.15) is 18.8 Å². The van der Waals surface area contributed by atoms with Crippen LogP contribution in [-0.4, -0.2) is 36.4 Å². The molecule has 0 aliphatic carbocycles. The van der Waals surface area contributed by atoms with Crippen molar-refractivity contribution in [1.82, 2.24) is 10.2 Å². The lowest BCUT2D eigenvalue weighted by Gasteiger charge is -2.14. The smallest absolute Gasteiger partial charge is 0.329 e. The lowest BCUT2D eigenvalue weighted by atomic mass is 10.1. The normalized spacial score (nSPS) is 14.0. The fraction of sp³-hybridized carbons (Fsp3) is 0.179. The average molecular weight is 554 g/mol. The Morgan fingerprint density at radius 2 is 1.82 bits per heavy atom. The zero-order valence-corrected chi connectivity index (χ0v) is 22.2. The number of anilines is 1. The van der Waals surface area contributed by atoms with Crippen LogP contribution in [0, 0.1) is 0 Å². The summed E-state index contributed by atoms with van der Waals surface area (Å²) in [5, 5.41) is 6.31. The van der Waals surface area contributed by atoms with Gasteiger partial charge in [-0.1, -0.05) is 60.5 Å². The number of nitrogens with zero attached hydrogens (tertiary/aromatic N) is 1. The van der Waals surface area contributed by atoms with Crippen LogP contribution in [0.4, 0.5) is 10.5 Å². The van der Waals surface area contributed by atoms with Crippen molar-refractivity contribution in [2.45, 2.75) is 20.0 Å². The Hall–Kier alpha value is -4.01. The maximum atomic E-state index is 12.9. The number of imide groups is 1. The third kappa shape index (κ3) is 6.27. The van der Waals surface area contributed by atoms with Crippen LogP contribution in [0.3, 0.4) is 0 Å². The van der Waals surface area contributed by atoms with E-state index in [1.54, 1.807) is 48.5 Å². The molecule has 4 rings (SSSR count). The molecule has 0 spiro atoms. The fourth-order valence-electron chi connectivity index (χ4n) is 3.85. The Kier molecular flexibility index (Phi) is 8.55. The van der Waals surface area contributed by atoms with Crippen molar-refractivity contribution in [2.24, 2.45) is 0 Å². The Bertz CT molecular complexity index is 1420. The van der Waals surface area contributed by atoms with Crippen molar-refractivity contribution in [3.8, 4) is 11.5 Å². The van der Waals surface area contributed by atoms with Gasteiger partial charge >= 0.3 is 6.03 Å². The highest BCUT2D eigenvalue weighted by Crippen LogP contribution is 2.31. The van der Waals surface area contributed by atoms with Crippen LogP contribution in [0.25, 0.3) is 6.08 Å². The van der Waals surface area contributed by atoms with Gasteiger partial charge in [0.05, 0.1) is 7.11 Å². The maximum Gasteiger partial charge on any atom is 0.329 e. The largest absolute Gasteiger partial charge is 0.493 e. The van der Waals surface area contributed by atoms with Gasteiger partial charge in [-0.05, 0) is 54.0 Å². The summed E-state index contributed by atoms with van der Waals surface area (Å²) < 4.78 is 11.3. The predicted molar refractivity (Wildman–Crippen MR) is 146 cm³/mol. The first-order chi connectivity index (χ1) is 18.3. The van der Waals surface area contributed by atoms with Gasteiger partial charge in [0.2, 0.25) is 5.91 Å². The number of halogens is 2. The molecule has 1 heterocycles. The Morgan fingerprint density at radius 3 is 2.55 bits per heavy atom. The minimum atomic E-state index is -0.674. The summed E-state index contributed by atoms with van der Waals surface area (Å²) in [6, 6.07) is 16.9. The summed E-state index contributed by atoms with van der Waals surface area (Å²) in [5.41, 5.74) is 2.99. The van der Waals surface area contributed by atoms with E-state index in [9.17, 15) is 14.4 Å². The molecule has 0 unspecified atom stereocenters. The first kappa shape index (κ1) is 27.0. The molecule has 4 amide bonds. The van der Waals surface area contributed by atoms with Crippen molar-refractivity contribution >= 4 is 52.8 Å². The highest BCUT2D eigenvalue weighted by atomic mass is 35.5. The molecule has 0 bridgehead atoms. The van der Waals surface area contributed by atoms with Crippen LogP contribution in [-0.2, 0) is 22.6 Å². The van der Waals surface area contributed by atoms with Crippen LogP contribution in [0.5, 0.6) is 11.5 Å². The minimum Gasteiger partial charge on any atom is -0.493 e. The highest BCUT2D eigenvalue weighted by molar-refractivity contribution is 6.35. The van der Waals surface area contributed by atoms with Gasteiger partial charge < -0.3 is 20.1 Å². The molecule has 1 fully saturated rings. The second-order valence-corrected chi connectivity index (χ2v) is 9.22. The van der Waals surface area contributed by atoms with Crippen molar-refractivity contribution in [2.75, 3.05) is 19.0 Å². The Labute approximate surface area is 230 Å². The zero-order valence-electron chi connectivity index (χ0n) is 20.7. The van der Waals surface area contributed by atoms with Crippen LogP contribution in [0.1, 0.15) is 23.6 Å². The number of rotatable bonds is 9. The monoisotopic (exact) mass is 553 g/mol. The number of benzene rings is 3. The van der Waals surface area contributed by atoms with Gasteiger partial charge in [-0.15, -0.1) is 0 Å². The number of hydrogen-bond acceptors (Lipinski definition) is 5. The SMILES string of the molecule is CCc1ccccc1NC(=O)CN1C(=O)N/C(=C/c2ccc(OCc3ccc(Cl)cc3Cl)c(OC)c2)C1=O. The van der Waals surface area contributed by atoms with Crippen molar-refractivity contribution in [3.05, 3.63) is 93.1 Å². The number of methoxy groups -OCH3 is 1. The van der Waals surface area contributed by atoms with E-state index in [2.05, 4.69) is 10.6 Å². The van der Waals surface area contributed by atoms with Crippen molar-refractivity contribution < 1.29 is 23.9 Å². The van der Waals surface area contributed by atoms with Crippen molar-refractivity contribution in [1.29, 1.82) is 0 Å². The molecule has 3 aromatic rings. The molecule has 1 aliphatic heterocycles. The maximum absolute atomic E-state index is 12.9. The summed E-state index contributed by atoms with van der Waals surface area (Å²) in [7, 11) is 1.49. The summed E-state index contributed by atoms with van der Waals surface area (Å²) >= 11 is 12.2. The predicted octanol–water partition coefficient (Wildman–Crippen LogP) is 5.67. The highest BCUT2D eigenvalue weighted by Gasteiger charge is 2.35. The van der Waals surface area contributed by atoms with Crippen LogP contribution >= 0.6 is 23.2 Å². The molecule has 0 saturated carbocycles. The number of amides is 4. The first-order valence-corrected chi connectivity index (χ1v) is 12.5. The number of nitrogens with one attached hydrogen (secondary N) is 2. The molecule has 10 heteroatoms. The standard InChI is InChI=1S/C28H25Cl2N3O5/c1-3-18-6-4-5-7-22(18)31-26(34)15-33-27(35)23(32-28(33)36)12-17-8-11-24(25(13-17)37-2)38-16-19-9-10-20(29)14-21(19)30/h4-14H,3,15-16H2,1-2H3,(H,31,34)(H,32,36)/b23-12+. The molecular weight excluding hydrogens is 529 g/mol. The van der Waals surface area contributed by atoms with Gasteiger partial charge in [-0.25, -0.2) is 9.69 Å². The number of aryl methyl sites for hydroxylation is 1. The molecule has 1 aliphatic rings. The average Bonchev–Trinajstić information content (AvgIpc) is 3.16. The van der Waals surface area contributed by atoms with E-state index in [4.69, 9.17) is 32.7 Å². The molecule has 8 nitrogen and oxygen atoms in total. The van der Waals surface area contributed by atoms with Gasteiger partial charge in [0.25, 0.3) is 5.91 Å². The molecule has 1 saturated heterocycles. The summed E-state index contributed by atoms with van der Waals surface area (Å²) in [4.78, 5) is 38.8. The van der Waals surface area contributed by atoms with E-state index in [0.717, 1.165) is 22.4 Å². The van der Waals surface area contributed by atoms with Gasteiger partial charge in [0, 0.05) is 21.3 Å². The first-order valence-electron chi connectivity index (χ1n) is 11.8. The quantitative estimate of drug-likeness (QED) is 0.262. The van der Waals surface area contributed by atoms with Crippen LogP contribution in [0.2, 0.25) is 10.0 Å². The topological polar surface area (TPSA) is 97.0 Å². The number of hydrogen-bond donors (Lipinski definition) is 2. The van der Waals surface area contributed by atoms with Crippen LogP contribution < -0.4 is 20.1 Å². The zero-order chi connectivity index (χ0) is 27.2. The summed E-state index contributed by atoms with van der Waals surface area (Å²) in [6.45, 7) is 1.76. The van der Waals surface area contributed by atoms with Gasteiger partial charge in [-0.3, -0.25) is 9.59 Å². The molecule has 3 aromatic carbocycles. The molecule has 196 valence electrons. The van der Waals surface area contributed by atoms with E-state index in [1.165, 1.54) is 13.2 Å². The van der Waals surface area contributed by atoms with Gasteiger partial charge in [0.15, 0.2) is 11.5 Å². The van der Waals surface area contributed by atoms with Crippen LogP contribution in [0.15, 0.2) is 66.4 Å². The number of ether oxygens (including phenoxy) is 2. The van der Waals surface area contributed by atoms with E-state index in [-0.39, 0.29) is 12.3 Å². The molecule has 0 radical (unpaired) electrons. The Morgan fingerprint density at radius 1 is 1.03 bits per heavy atom. The molecule has 0 aromatic heterocycles. The van der Waals surface area contributed by atoms with E-state index < -0.39 is 24.4 Å².